The summed E-state index contributed by atoms with van der Waals surface area (Å²) in [5.41, 5.74) is 6.14. The van der Waals surface area contributed by atoms with Gasteiger partial charge in [-0.2, -0.15) is 4.37 Å². The first-order valence-corrected chi connectivity index (χ1v) is 8.23. The molecule has 0 atom stereocenters. The van der Waals surface area contributed by atoms with Gasteiger partial charge in [-0.15, -0.1) is 0 Å². The molecule has 1 aromatic heterocycles. The van der Waals surface area contributed by atoms with Crippen molar-refractivity contribution in [2.45, 2.75) is 26.2 Å². The monoisotopic (exact) mass is 312 g/mol. The van der Waals surface area contributed by atoms with Crippen molar-refractivity contribution in [3.8, 4) is 0 Å². The van der Waals surface area contributed by atoms with Crippen molar-refractivity contribution in [1.82, 2.24) is 9.27 Å². The van der Waals surface area contributed by atoms with Crippen LogP contribution in [-0.2, 0) is 4.74 Å². The summed E-state index contributed by atoms with van der Waals surface area (Å²) in [7, 11) is 2.17. The predicted molar refractivity (Wildman–Crippen MR) is 85.8 cm³/mol. The van der Waals surface area contributed by atoms with Crippen molar-refractivity contribution in [3.63, 3.8) is 0 Å². The molecule has 1 aliphatic heterocycles. The lowest BCUT2D eigenvalue weighted by Gasteiger charge is -2.28. The van der Waals surface area contributed by atoms with Crippen molar-refractivity contribution in [2.24, 2.45) is 5.92 Å². The highest BCUT2D eigenvalue weighted by molar-refractivity contribution is 7.11. The third kappa shape index (κ3) is 4.31. The molecule has 0 aromatic carbocycles. The summed E-state index contributed by atoms with van der Waals surface area (Å²) in [6.45, 7) is 5.30. The Labute approximate surface area is 129 Å². The maximum atomic E-state index is 11.9. The van der Waals surface area contributed by atoms with Crippen LogP contribution in [0.15, 0.2) is 0 Å². The molecular formula is C14H24N4O2S. The number of aromatic nitrogens is 1. The van der Waals surface area contributed by atoms with E-state index in [9.17, 15) is 4.79 Å². The number of nitrogens with zero attached hydrogens (tertiary/aromatic N) is 2. The maximum absolute atomic E-state index is 11.9. The number of nitrogens with two attached hydrogens (primary N) is 1. The van der Waals surface area contributed by atoms with Crippen LogP contribution in [0.5, 0.6) is 0 Å². The molecule has 0 spiro atoms. The fourth-order valence-electron chi connectivity index (χ4n) is 2.56. The van der Waals surface area contributed by atoms with Crippen LogP contribution in [0.25, 0.3) is 0 Å². The highest BCUT2D eigenvalue weighted by Crippen LogP contribution is 2.28. The van der Waals surface area contributed by atoms with Gasteiger partial charge in [0.2, 0.25) is 0 Å². The first-order valence-electron chi connectivity index (χ1n) is 7.46. The predicted octanol–water partition coefficient (Wildman–Crippen LogP) is 2.05. The van der Waals surface area contributed by atoms with Crippen molar-refractivity contribution < 1.29 is 9.53 Å². The van der Waals surface area contributed by atoms with Gasteiger partial charge in [0.25, 0.3) is 0 Å². The van der Waals surface area contributed by atoms with E-state index >= 15 is 0 Å². The number of likely N-dealkylation sites (tertiary alicyclic amines) is 1. The fraction of sp³-hybridized carbons (Fsp3) is 0.714. The van der Waals surface area contributed by atoms with E-state index in [1.54, 1.807) is 6.92 Å². The summed E-state index contributed by atoms with van der Waals surface area (Å²) in [6.07, 6.45) is 3.59. The molecule has 0 radical (unpaired) electrons. The third-order valence-electron chi connectivity index (χ3n) is 3.87. The summed E-state index contributed by atoms with van der Waals surface area (Å²) >= 11 is 1.22. The maximum Gasteiger partial charge on any atom is 0.344 e. The molecule has 3 N–H and O–H groups in total. The van der Waals surface area contributed by atoms with Gasteiger partial charge in [0, 0.05) is 6.54 Å². The molecule has 0 saturated carbocycles. The molecule has 2 rings (SSSR count). The van der Waals surface area contributed by atoms with Gasteiger partial charge < -0.3 is 20.7 Å². The highest BCUT2D eigenvalue weighted by Gasteiger charge is 2.21. The number of ether oxygens (including phenoxy) is 1. The molecule has 0 bridgehead atoms. The Morgan fingerprint density at radius 3 is 2.90 bits per heavy atom. The SMILES string of the molecule is CCOC(=O)c1c(N)nsc1NCCC1CCN(C)CC1. The van der Waals surface area contributed by atoms with Crippen LogP contribution in [0, 0.1) is 5.92 Å². The van der Waals surface area contributed by atoms with Crippen LogP contribution in [0.2, 0.25) is 0 Å². The quantitative estimate of drug-likeness (QED) is 0.783. The van der Waals surface area contributed by atoms with E-state index in [2.05, 4.69) is 21.6 Å². The molecule has 2 heterocycles. The summed E-state index contributed by atoms with van der Waals surface area (Å²) in [5.74, 6) is 0.607. The molecule has 0 aliphatic carbocycles. The first kappa shape index (κ1) is 16.0. The van der Waals surface area contributed by atoms with Crippen molar-refractivity contribution in [3.05, 3.63) is 5.56 Å². The Morgan fingerprint density at radius 1 is 1.52 bits per heavy atom. The zero-order chi connectivity index (χ0) is 15.2. The van der Waals surface area contributed by atoms with Crippen LogP contribution in [0.1, 0.15) is 36.5 Å². The van der Waals surface area contributed by atoms with Crippen LogP contribution < -0.4 is 11.1 Å². The van der Waals surface area contributed by atoms with E-state index in [-0.39, 0.29) is 5.82 Å². The van der Waals surface area contributed by atoms with Gasteiger partial charge in [-0.25, -0.2) is 4.79 Å². The molecule has 1 aliphatic rings. The summed E-state index contributed by atoms with van der Waals surface area (Å²) < 4.78 is 9.06. The zero-order valence-electron chi connectivity index (χ0n) is 12.7. The van der Waals surface area contributed by atoms with E-state index in [0.717, 1.165) is 23.9 Å². The molecule has 1 saturated heterocycles. The third-order valence-corrected chi connectivity index (χ3v) is 4.69. The molecule has 118 valence electrons. The van der Waals surface area contributed by atoms with Crippen LogP contribution in [-0.4, -0.2) is 48.5 Å². The average molecular weight is 312 g/mol. The normalized spacial score (nSPS) is 16.9. The van der Waals surface area contributed by atoms with Gasteiger partial charge in [-0.1, -0.05) is 0 Å². The Hall–Kier alpha value is -1.34. The van der Waals surface area contributed by atoms with E-state index in [1.807, 2.05) is 0 Å². The number of esters is 1. The Kier molecular flexibility index (Phi) is 5.81. The van der Waals surface area contributed by atoms with Gasteiger partial charge in [0.05, 0.1) is 6.61 Å². The summed E-state index contributed by atoms with van der Waals surface area (Å²) in [6, 6.07) is 0. The molecule has 1 fully saturated rings. The topological polar surface area (TPSA) is 80.5 Å². The highest BCUT2D eigenvalue weighted by atomic mass is 32.1. The number of carbonyl (C=O) groups is 1. The number of rotatable bonds is 6. The molecule has 21 heavy (non-hydrogen) atoms. The number of hydrogen-bond donors (Lipinski definition) is 2. The standard InChI is InChI=1S/C14H24N4O2S/c1-3-20-14(19)11-12(15)17-21-13(11)16-7-4-10-5-8-18(2)9-6-10/h10,16H,3-9H2,1-2H3,(H2,15,17). The van der Waals surface area contributed by atoms with Gasteiger partial charge in [0.1, 0.15) is 10.6 Å². The van der Waals surface area contributed by atoms with E-state index in [4.69, 9.17) is 10.5 Å². The summed E-state index contributed by atoms with van der Waals surface area (Å²) in [5, 5.41) is 4.01. The Bertz CT molecular complexity index is 470. The lowest BCUT2D eigenvalue weighted by atomic mass is 9.94. The van der Waals surface area contributed by atoms with Crippen molar-refractivity contribution in [2.75, 3.05) is 44.3 Å². The Balaban J connectivity index is 1.84. The largest absolute Gasteiger partial charge is 0.462 e. The first-order chi connectivity index (χ1) is 10.1. The second kappa shape index (κ2) is 7.61. The minimum atomic E-state index is -0.398. The molecule has 0 amide bonds. The molecule has 0 unspecified atom stereocenters. The van der Waals surface area contributed by atoms with Crippen LogP contribution in [0.3, 0.4) is 0 Å². The van der Waals surface area contributed by atoms with Gasteiger partial charge in [0.15, 0.2) is 5.82 Å². The van der Waals surface area contributed by atoms with Gasteiger partial charge in [-0.3, -0.25) is 0 Å². The number of piperidine rings is 1. The number of hydrogen-bond acceptors (Lipinski definition) is 7. The number of nitrogens with one attached hydrogen (secondary N) is 1. The van der Waals surface area contributed by atoms with Gasteiger partial charge >= 0.3 is 5.97 Å². The van der Waals surface area contributed by atoms with E-state index in [0.29, 0.717) is 12.2 Å². The molecule has 7 heteroatoms. The number of anilines is 2. The summed E-state index contributed by atoms with van der Waals surface area (Å²) in [4.78, 5) is 14.2. The lowest BCUT2D eigenvalue weighted by Crippen LogP contribution is -2.30. The lowest BCUT2D eigenvalue weighted by molar-refractivity contribution is 0.0529. The fourth-order valence-corrected chi connectivity index (χ4v) is 3.29. The average Bonchev–Trinajstić information content (AvgIpc) is 2.82. The smallest absolute Gasteiger partial charge is 0.344 e. The second-order valence-corrected chi connectivity index (χ2v) is 6.23. The second-order valence-electron chi connectivity index (χ2n) is 5.45. The minimum Gasteiger partial charge on any atom is -0.462 e. The molecule has 6 nitrogen and oxygen atoms in total. The van der Waals surface area contributed by atoms with Crippen molar-refractivity contribution in [1.29, 1.82) is 0 Å². The molecular weight excluding hydrogens is 288 g/mol. The van der Waals surface area contributed by atoms with Gasteiger partial charge in [-0.05, 0) is 63.8 Å². The Morgan fingerprint density at radius 2 is 2.24 bits per heavy atom. The van der Waals surface area contributed by atoms with Crippen LogP contribution in [0.4, 0.5) is 10.8 Å². The van der Waals surface area contributed by atoms with E-state index < -0.39 is 5.97 Å². The van der Waals surface area contributed by atoms with Crippen LogP contribution >= 0.6 is 11.5 Å². The minimum absolute atomic E-state index is 0.250. The number of nitrogen functional groups attached to an aromatic ring is 1. The van der Waals surface area contributed by atoms with Crippen molar-refractivity contribution >= 4 is 28.3 Å². The van der Waals surface area contributed by atoms with E-state index in [1.165, 1.54) is 37.5 Å². The number of carbonyl (C=O) groups excluding carboxylic acids is 1. The molecule has 1 aromatic rings. The zero-order valence-corrected chi connectivity index (χ0v) is 13.5.